The van der Waals surface area contributed by atoms with Crippen molar-refractivity contribution in [1.82, 2.24) is 9.55 Å². The van der Waals surface area contributed by atoms with Gasteiger partial charge < -0.3 is 9.67 Å². The molecule has 3 heteroatoms. The minimum atomic E-state index is -0.283. The minimum absolute atomic E-state index is 0.283. The second-order valence-corrected chi connectivity index (χ2v) is 4.22. The molecule has 0 aliphatic heterocycles. The van der Waals surface area contributed by atoms with Crippen LogP contribution in [0.3, 0.4) is 0 Å². The highest BCUT2D eigenvalue weighted by atomic mass is 16.3. The highest BCUT2D eigenvalue weighted by Gasteiger charge is 2.18. The summed E-state index contributed by atoms with van der Waals surface area (Å²) in [5, 5.41) is 9.40. The van der Waals surface area contributed by atoms with Gasteiger partial charge in [-0.05, 0) is 39.5 Å². The number of fused-ring (bicyclic) bond motifs is 1. The monoisotopic (exact) mass is 194 g/mol. The molecule has 0 amide bonds. The molecule has 1 N–H and O–H groups in total. The molecule has 3 nitrogen and oxygen atoms in total. The van der Waals surface area contributed by atoms with E-state index >= 15 is 0 Å². The van der Waals surface area contributed by atoms with Gasteiger partial charge in [0.2, 0.25) is 0 Å². The normalized spacial score (nSPS) is 17.9. The summed E-state index contributed by atoms with van der Waals surface area (Å²) in [6, 6.07) is 0. The lowest BCUT2D eigenvalue weighted by Gasteiger charge is -2.15. The molecule has 0 aromatic carbocycles. The van der Waals surface area contributed by atoms with Crippen molar-refractivity contribution in [1.29, 1.82) is 0 Å². The van der Waals surface area contributed by atoms with E-state index in [1.807, 2.05) is 13.8 Å². The third kappa shape index (κ3) is 1.69. The average molecular weight is 194 g/mol. The van der Waals surface area contributed by atoms with Gasteiger partial charge in [-0.25, -0.2) is 4.98 Å². The Balaban J connectivity index is 2.33. The predicted molar refractivity (Wildman–Crippen MR) is 55.3 cm³/mol. The van der Waals surface area contributed by atoms with Gasteiger partial charge in [0, 0.05) is 12.2 Å². The first-order valence-corrected chi connectivity index (χ1v) is 5.41. The van der Waals surface area contributed by atoms with E-state index in [0.29, 0.717) is 6.54 Å². The molecule has 0 unspecified atom stereocenters. The standard InChI is InChI=1S/C11H18N2O/c1-8(14)7-13-9(2)12-10-5-3-4-6-11(10)13/h8,14H,3-7H2,1-2H3/t8-/m1/s1. The molecule has 14 heavy (non-hydrogen) atoms. The summed E-state index contributed by atoms with van der Waals surface area (Å²) in [7, 11) is 0. The molecule has 1 aliphatic carbocycles. The third-order valence-corrected chi connectivity index (χ3v) is 2.87. The number of hydrogen-bond acceptors (Lipinski definition) is 2. The van der Waals surface area contributed by atoms with E-state index in [4.69, 9.17) is 0 Å². The Morgan fingerprint density at radius 3 is 2.86 bits per heavy atom. The van der Waals surface area contributed by atoms with Crippen molar-refractivity contribution in [2.24, 2.45) is 0 Å². The molecular formula is C11H18N2O. The largest absolute Gasteiger partial charge is 0.392 e. The molecule has 0 saturated carbocycles. The van der Waals surface area contributed by atoms with E-state index in [1.165, 1.54) is 24.2 Å². The van der Waals surface area contributed by atoms with E-state index in [9.17, 15) is 5.11 Å². The number of aryl methyl sites for hydroxylation is 2. The molecule has 1 heterocycles. The molecule has 0 radical (unpaired) electrons. The molecule has 2 rings (SSSR count). The molecule has 1 aliphatic rings. The quantitative estimate of drug-likeness (QED) is 0.774. The highest BCUT2D eigenvalue weighted by Crippen LogP contribution is 2.22. The Morgan fingerprint density at radius 1 is 1.43 bits per heavy atom. The lowest BCUT2D eigenvalue weighted by Crippen LogP contribution is -2.16. The number of aliphatic hydroxyl groups excluding tert-OH is 1. The van der Waals surface area contributed by atoms with Gasteiger partial charge in [-0.1, -0.05) is 0 Å². The SMILES string of the molecule is Cc1nc2c(n1C[C@@H](C)O)CCCC2. The lowest BCUT2D eigenvalue weighted by molar-refractivity contribution is 0.171. The Labute approximate surface area is 84.8 Å². The Morgan fingerprint density at radius 2 is 2.14 bits per heavy atom. The summed E-state index contributed by atoms with van der Waals surface area (Å²) >= 11 is 0. The van der Waals surface area contributed by atoms with Crippen LogP contribution in [0.25, 0.3) is 0 Å². The van der Waals surface area contributed by atoms with E-state index in [-0.39, 0.29) is 6.10 Å². The van der Waals surface area contributed by atoms with Crippen molar-refractivity contribution >= 4 is 0 Å². The molecule has 0 spiro atoms. The molecular weight excluding hydrogens is 176 g/mol. The zero-order valence-corrected chi connectivity index (χ0v) is 8.95. The molecule has 0 fully saturated rings. The molecule has 1 aromatic rings. The molecule has 0 bridgehead atoms. The Hall–Kier alpha value is -0.830. The average Bonchev–Trinajstić information content (AvgIpc) is 2.43. The van der Waals surface area contributed by atoms with Crippen LogP contribution in [0.15, 0.2) is 0 Å². The van der Waals surface area contributed by atoms with Crippen molar-refractivity contribution in [3.8, 4) is 0 Å². The number of imidazole rings is 1. The van der Waals surface area contributed by atoms with Crippen molar-refractivity contribution in [2.75, 3.05) is 0 Å². The van der Waals surface area contributed by atoms with Crippen LogP contribution in [0.5, 0.6) is 0 Å². The van der Waals surface area contributed by atoms with Crippen LogP contribution >= 0.6 is 0 Å². The van der Waals surface area contributed by atoms with E-state index in [0.717, 1.165) is 18.7 Å². The second kappa shape index (κ2) is 3.73. The van der Waals surface area contributed by atoms with Gasteiger partial charge in [-0.15, -0.1) is 0 Å². The van der Waals surface area contributed by atoms with E-state index in [1.54, 1.807) is 0 Å². The number of rotatable bonds is 2. The van der Waals surface area contributed by atoms with Gasteiger partial charge in [-0.2, -0.15) is 0 Å². The van der Waals surface area contributed by atoms with E-state index in [2.05, 4.69) is 9.55 Å². The van der Waals surface area contributed by atoms with Crippen molar-refractivity contribution in [3.05, 3.63) is 17.2 Å². The van der Waals surface area contributed by atoms with Crippen LogP contribution in [0.4, 0.5) is 0 Å². The minimum Gasteiger partial charge on any atom is -0.392 e. The fourth-order valence-electron chi connectivity index (χ4n) is 2.24. The lowest BCUT2D eigenvalue weighted by atomic mass is 10.0. The van der Waals surface area contributed by atoms with Gasteiger partial charge in [-0.3, -0.25) is 0 Å². The Bertz CT molecular complexity index is 328. The van der Waals surface area contributed by atoms with Gasteiger partial charge in [0.15, 0.2) is 0 Å². The van der Waals surface area contributed by atoms with E-state index < -0.39 is 0 Å². The summed E-state index contributed by atoms with van der Waals surface area (Å²) in [6.45, 7) is 4.55. The zero-order chi connectivity index (χ0) is 10.1. The number of hydrogen-bond donors (Lipinski definition) is 1. The maximum atomic E-state index is 9.40. The smallest absolute Gasteiger partial charge is 0.106 e. The summed E-state index contributed by atoms with van der Waals surface area (Å²) in [6.07, 6.45) is 4.48. The first-order chi connectivity index (χ1) is 6.68. The molecule has 78 valence electrons. The summed E-state index contributed by atoms with van der Waals surface area (Å²) in [4.78, 5) is 4.56. The first-order valence-electron chi connectivity index (χ1n) is 5.41. The van der Waals surface area contributed by atoms with Crippen LogP contribution in [-0.2, 0) is 19.4 Å². The van der Waals surface area contributed by atoms with Crippen LogP contribution < -0.4 is 0 Å². The van der Waals surface area contributed by atoms with Crippen LogP contribution in [0, 0.1) is 6.92 Å². The summed E-state index contributed by atoms with van der Waals surface area (Å²) in [5.41, 5.74) is 2.61. The predicted octanol–water partition coefficient (Wildman–Crippen LogP) is 1.45. The third-order valence-electron chi connectivity index (χ3n) is 2.87. The van der Waals surface area contributed by atoms with Gasteiger partial charge in [0.05, 0.1) is 11.8 Å². The summed E-state index contributed by atoms with van der Waals surface area (Å²) in [5.74, 6) is 1.05. The van der Waals surface area contributed by atoms with Crippen LogP contribution in [0.1, 0.15) is 37.0 Å². The maximum Gasteiger partial charge on any atom is 0.106 e. The van der Waals surface area contributed by atoms with Crippen LogP contribution in [0.2, 0.25) is 0 Å². The zero-order valence-electron chi connectivity index (χ0n) is 8.95. The summed E-state index contributed by atoms with van der Waals surface area (Å²) < 4.78 is 2.18. The number of aromatic nitrogens is 2. The maximum absolute atomic E-state index is 9.40. The number of nitrogens with zero attached hydrogens (tertiary/aromatic N) is 2. The molecule has 1 aromatic heterocycles. The fraction of sp³-hybridized carbons (Fsp3) is 0.727. The second-order valence-electron chi connectivity index (χ2n) is 4.22. The van der Waals surface area contributed by atoms with Crippen LogP contribution in [-0.4, -0.2) is 20.8 Å². The molecule has 0 saturated heterocycles. The highest BCUT2D eigenvalue weighted by molar-refractivity contribution is 5.19. The van der Waals surface area contributed by atoms with Gasteiger partial charge in [0.25, 0.3) is 0 Å². The molecule has 1 atom stereocenters. The van der Waals surface area contributed by atoms with Gasteiger partial charge >= 0.3 is 0 Å². The topological polar surface area (TPSA) is 38.0 Å². The van der Waals surface area contributed by atoms with Gasteiger partial charge in [0.1, 0.15) is 5.82 Å². The first kappa shape index (κ1) is 9.71. The van der Waals surface area contributed by atoms with Crippen molar-refractivity contribution < 1.29 is 5.11 Å². The number of aliphatic hydroxyl groups is 1. The van der Waals surface area contributed by atoms with Crippen molar-refractivity contribution in [3.63, 3.8) is 0 Å². The Kier molecular flexibility index (Phi) is 2.59. The fourth-order valence-corrected chi connectivity index (χ4v) is 2.24. The van der Waals surface area contributed by atoms with Crippen molar-refractivity contribution in [2.45, 2.75) is 52.2 Å².